The summed E-state index contributed by atoms with van der Waals surface area (Å²) in [6.07, 6.45) is 3.41. The van der Waals surface area contributed by atoms with E-state index in [1.54, 1.807) is 11.1 Å². The predicted molar refractivity (Wildman–Crippen MR) is 93.1 cm³/mol. The van der Waals surface area contributed by atoms with E-state index in [0.717, 1.165) is 25.9 Å². The van der Waals surface area contributed by atoms with Crippen LogP contribution in [0.4, 0.5) is 0 Å². The number of ketones is 1. The average molecular weight is 356 g/mol. The van der Waals surface area contributed by atoms with Crippen LogP contribution in [0.15, 0.2) is 41.5 Å². The Morgan fingerprint density at radius 3 is 2.65 bits per heavy atom. The molecular formula is C19H20N2O5. The quantitative estimate of drug-likeness (QED) is 0.837. The maximum Gasteiger partial charge on any atom is 0.331 e. The van der Waals surface area contributed by atoms with Gasteiger partial charge in [0.05, 0.1) is 17.9 Å². The van der Waals surface area contributed by atoms with Gasteiger partial charge in [-0.2, -0.15) is 0 Å². The molecule has 1 aromatic rings. The van der Waals surface area contributed by atoms with E-state index in [0.29, 0.717) is 28.2 Å². The highest BCUT2D eigenvalue weighted by atomic mass is 16.5. The number of aliphatic hydroxyl groups is 1. The molecule has 7 nitrogen and oxygen atoms in total. The van der Waals surface area contributed by atoms with E-state index < -0.39 is 18.6 Å². The lowest BCUT2D eigenvalue weighted by Crippen LogP contribution is -2.51. The molecule has 3 aliphatic heterocycles. The van der Waals surface area contributed by atoms with Crippen LogP contribution < -0.4 is 4.74 Å². The second kappa shape index (κ2) is 6.59. The zero-order valence-corrected chi connectivity index (χ0v) is 14.2. The predicted octanol–water partition coefficient (Wildman–Crippen LogP) is 1.06. The summed E-state index contributed by atoms with van der Waals surface area (Å²) in [5.41, 5.74) is 1.88. The molecule has 0 spiro atoms. The minimum atomic E-state index is -1.02. The Hall–Kier alpha value is -2.64. The Balaban J connectivity index is 1.98. The molecule has 0 saturated carbocycles. The number of carboxylic acids is 1. The largest absolute Gasteiger partial charge is 0.485 e. The second-order valence-electron chi connectivity index (χ2n) is 6.57. The van der Waals surface area contributed by atoms with E-state index in [4.69, 9.17) is 4.74 Å². The Morgan fingerprint density at radius 1 is 1.23 bits per heavy atom. The smallest absolute Gasteiger partial charge is 0.331 e. The number of hydrazine groups is 1. The second-order valence-corrected chi connectivity index (χ2v) is 6.57. The highest BCUT2D eigenvalue weighted by molar-refractivity contribution is 6.09. The summed E-state index contributed by atoms with van der Waals surface area (Å²) >= 11 is 0. The van der Waals surface area contributed by atoms with Crippen LogP contribution in [0, 0.1) is 0 Å². The Morgan fingerprint density at radius 2 is 1.96 bits per heavy atom. The molecule has 4 rings (SSSR count). The van der Waals surface area contributed by atoms with E-state index in [1.807, 2.05) is 23.2 Å². The highest BCUT2D eigenvalue weighted by Crippen LogP contribution is 2.41. The van der Waals surface area contributed by atoms with Crippen LogP contribution in [0.1, 0.15) is 18.4 Å². The maximum absolute atomic E-state index is 12.8. The normalized spacial score (nSPS) is 23.1. The van der Waals surface area contributed by atoms with Crippen LogP contribution >= 0.6 is 0 Å². The molecule has 1 unspecified atom stereocenters. The lowest BCUT2D eigenvalue weighted by Gasteiger charge is -2.42. The van der Waals surface area contributed by atoms with Crippen LogP contribution in [0.2, 0.25) is 0 Å². The molecule has 2 N–H and O–H groups in total. The molecular weight excluding hydrogens is 336 g/mol. The van der Waals surface area contributed by atoms with Crippen molar-refractivity contribution in [2.24, 2.45) is 0 Å². The first-order chi connectivity index (χ1) is 12.6. The van der Waals surface area contributed by atoms with Gasteiger partial charge in [-0.05, 0) is 36.6 Å². The van der Waals surface area contributed by atoms with Gasteiger partial charge < -0.3 is 14.9 Å². The molecule has 3 heterocycles. The molecule has 26 heavy (non-hydrogen) atoms. The van der Waals surface area contributed by atoms with Gasteiger partial charge in [-0.25, -0.2) is 9.80 Å². The fourth-order valence-corrected chi connectivity index (χ4v) is 3.86. The van der Waals surface area contributed by atoms with Gasteiger partial charge in [0.15, 0.2) is 12.6 Å². The molecule has 0 bridgehead atoms. The van der Waals surface area contributed by atoms with Gasteiger partial charge in [0.2, 0.25) is 5.78 Å². The first-order valence-electron chi connectivity index (χ1n) is 8.70. The van der Waals surface area contributed by atoms with Crippen LogP contribution in [0.3, 0.4) is 0 Å². The van der Waals surface area contributed by atoms with Gasteiger partial charge in [0.25, 0.3) is 0 Å². The Labute approximate surface area is 150 Å². The fraction of sp³-hybridized carbons (Fsp3) is 0.368. The number of carbonyl (C=O) groups is 2. The number of carboxylic acid groups (broad SMARTS) is 1. The third-order valence-corrected chi connectivity index (χ3v) is 5.00. The van der Waals surface area contributed by atoms with Crippen molar-refractivity contribution >= 4 is 17.4 Å². The summed E-state index contributed by atoms with van der Waals surface area (Å²) in [5.74, 6) is -0.743. The molecule has 1 fully saturated rings. The number of benzene rings is 1. The van der Waals surface area contributed by atoms with E-state index in [2.05, 4.69) is 0 Å². The van der Waals surface area contributed by atoms with Crippen LogP contribution in [0.25, 0.3) is 5.70 Å². The molecule has 0 aromatic heterocycles. The first kappa shape index (κ1) is 16.8. The standard InChI is InChI=1S/C19H20N2O5/c22-10-12-9-14(19(24)25)21(20-7-3-4-8-20)18-13-5-1-2-6-16(13)26-11-15(23)17(12)18/h1-2,5-6,9,14,22H,3-4,7-8,10-11H2,(H,24,25). The van der Waals surface area contributed by atoms with E-state index in [1.165, 1.54) is 6.08 Å². The Kier molecular flexibility index (Phi) is 4.26. The van der Waals surface area contributed by atoms with Crippen molar-refractivity contribution in [3.8, 4) is 5.75 Å². The number of carbonyl (C=O) groups excluding carboxylic acids is 1. The van der Waals surface area contributed by atoms with Crippen molar-refractivity contribution in [2.75, 3.05) is 26.3 Å². The van der Waals surface area contributed by atoms with Gasteiger partial charge in [0.1, 0.15) is 5.75 Å². The van der Waals surface area contributed by atoms with Crippen molar-refractivity contribution < 1.29 is 24.5 Å². The van der Waals surface area contributed by atoms with Crippen molar-refractivity contribution in [2.45, 2.75) is 18.9 Å². The Bertz CT molecular complexity index is 823. The van der Waals surface area contributed by atoms with Crippen molar-refractivity contribution in [3.63, 3.8) is 0 Å². The molecule has 1 atom stereocenters. The minimum absolute atomic E-state index is 0.140. The van der Waals surface area contributed by atoms with Gasteiger partial charge in [-0.1, -0.05) is 12.1 Å². The molecule has 7 heteroatoms. The summed E-state index contributed by atoms with van der Waals surface area (Å²) in [4.78, 5) is 24.8. The van der Waals surface area contributed by atoms with Crippen molar-refractivity contribution in [3.05, 3.63) is 47.1 Å². The SMILES string of the molecule is O=C1COc2ccccc2C2=C1C(CO)=CC(C(=O)O)N2N1CCCC1. The van der Waals surface area contributed by atoms with Crippen molar-refractivity contribution in [1.29, 1.82) is 0 Å². The number of ether oxygens (including phenoxy) is 1. The van der Waals surface area contributed by atoms with Crippen LogP contribution in [0.5, 0.6) is 5.75 Å². The molecule has 0 amide bonds. The molecule has 0 radical (unpaired) electrons. The monoisotopic (exact) mass is 356 g/mol. The average Bonchev–Trinajstić information content (AvgIpc) is 3.14. The number of Topliss-reactive ketones (excluding diaryl/α,β-unsaturated/α-hetero) is 1. The van der Waals surface area contributed by atoms with Gasteiger partial charge in [-0.3, -0.25) is 9.80 Å². The molecule has 136 valence electrons. The van der Waals surface area contributed by atoms with Crippen molar-refractivity contribution in [1.82, 2.24) is 10.0 Å². The first-order valence-corrected chi connectivity index (χ1v) is 8.70. The third kappa shape index (κ3) is 2.60. The van der Waals surface area contributed by atoms with Gasteiger partial charge >= 0.3 is 5.97 Å². The number of nitrogens with zero attached hydrogens (tertiary/aromatic N) is 2. The number of aliphatic hydroxyl groups excluding tert-OH is 1. The molecule has 1 saturated heterocycles. The summed E-state index contributed by atoms with van der Waals surface area (Å²) in [7, 11) is 0. The highest BCUT2D eigenvalue weighted by Gasteiger charge is 2.41. The number of hydrogen-bond acceptors (Lipinski definition) is 6. The zero-order valence-electron chi connectivity index (χ0n) is 14.2. The summed E-state index contributed by atoms with van der Waals surface area (Å²) in [6.45, 7) is 0.906. The molecule has 3 aliphatic rings. The number of rotatable bonds is 3. The lowest BCUT2D eigenvalue weighted by atomic mass is 9.90. The number of fused-ring (bicyclic) bond motifs is 2. The maximum atomic E-state index is 12.8. The molecule has 1 aromatic carbocycles. The van der Waals surface area contributed by atoms with Crippen LogP contribution in [-0.4, -0.2) is 64.3 Å². The van der Waals surface area contributed by atoms with E-state index >= 15 is 0 Å². The summed E-state index contributed by atoms with van der Waals surface area (Å²) < 4.78 is 5.66. The fourth-order valence-electron chi connectivity index (χ4n) is 3.86. The number of hydrogen-bond donors (Lipinski definition) is 2. The number of para-hydroxylation sites is 1. The topological polar surface area (TPSA) is 90.3 Å². The lowest BCUT2D eigenvalue weighted by molar-refractivity contribution is -0.145. The minimum Gasteiger partial charge on any atom is -0.485 e. The van der Waals surface area contributed by atoms with Gasteiger partial charge in [0, 0.05) is 18.7 Å². The van der Waals surface area contributed by atoms with E-state index in [9.17, 15) is 19.8 Å². The van der Waals surface area contributed by atoms with Gasteiger partial charge in [-0.15, -0.1) is 0 Å². The van der Waals surface area contributed by atoms with Crippen LogP contribution in [-0.2, 0) is 9.59 Å². The van der Waals surface area contributed by atoms with E-state index in [-0.39, 0.29) is 12.4 Å². The summed E-state index contributed by atoms with van der Waals surface area (Å²) in [5, 5.41) is 23.3. The molecule has 0 aliphatic carbocycles. The third-order valence-electron chi connectivity index (χ3n) is 5.00. The number of aliphatic carboxylic acids is 1. The summed E-state index contributed by atoms with van der Waals surface area (Å²) in [6, 6.07) is 6.26. The zero-order chi connectivity index (χ0) is 18.3.